The number of hydrogen-bond acceptors (Lipinski definition) is 3. The van der Waals surface area contributed by atoms with E-state index in [0.29, 0.717) is 5.82 Å². The summed E-state index contributed by atoms with van der Waals surface area (Å²) in [4.78, 5) is 11.7. The summed E-state index contributed by atoms with van der Waals surface area (Å²) in [5.74, 6) is 0.269. The number of amides is 1. The fraction of sp³-hybridized carbons (Fsp3) is 0.286. The number of nitrogens with zero attached hydrogens (tertiary/aromatic N) is 2. The highest BCUT2D eigenvalue weighted by molar-refractivity contribution is 5.91. The second-order valence-corrected chi connectivity index (χ2v) is 4.65. The largest absolute Gasteiger partial charge is 0.484 e. The lowest BCUT2D eigenvalue weighted by Gasteiger charge is -2.09. The zero-order valence-corrected chi connectivity index (χ0v) is 11.9. The summed E-state index contributed by atoms with van der Waals surface area (Å²) in [7, 11) is 1.68. The normalized spacial score (nSPS) is 11.3. The van der Waals surface area contributed by atoms with Crippen LogP contribution in [0, 0.1) is 6.92 Å². The van der Waals surface area contributed by atoms with Crippen molar-refractivity contribution in [1.82, 2.24) is 9.78 Å². The summed E-state index contributed by atoms with van der Waals surface area (Å²) in [6, 6.07) is 5.83. The maximum Gasteiger partial charge on any atom is 0.416 e. The first-order valence-corrected chi connectivity index (χ1v) is 6.36. The van der Waals surface area contributed by atoms with E-state index in [1.54, 1.807) is 20.0 Å². The fourth-order valence-electron chi connectivity index (χ4n) is 1.80. The van der Waals surface area contributed by atoms with E-state index < -0.39 is 17.6 Å². The molecule has 0 aliphatic rings. The number of carbonyl (C=O) groups is 1. The maximum absolute atomic E-state index is 12.4. The van der Waals surface area contributed by atoms with Crippen LogP contribution in [0.15, 0.2) is 30.3 Å². The highest BCUT2D eigenvalue weighted by Gasteiger charge is 2.30. The van der Waals surface area contributed by atoms with Crippen LogP contribution >= 0.6 is 0 Å². The zero-order valence-electron chi connectivity index (χ0n) is 11.9. The Morgan fingerprint density at radius 1 is 1.32 bits per heavy atom. The molecular formula is C14H14F3N3O2. The quantitative estimate of drug-likeness (QED) is 0.944. The van der Waals surface area contributed by atoms with Crippen molar-refractivity contribution < 1.29 is 22.7 Å². The highest BCUT2D eigenvalue weighted by atomic mass is 19.4. The third kappa shape index (κ3) is 4.00. The van der Waals surface area contributed by atoms with Crippen LogP contribution in [-0.4, -0.2) is 22.3 Å². The van der Waals surface area contributed by atoms with E-state index in [0.717, 1.165) is 17.8 Å². The van der Waals surface area contributed by atoms with Crippen molar-refractivity contribution in [1.29, 1.82) is 0 Å². The first-order valence-electron chi connectivity index (χ1n) is 6.36. The topological polar surface area (TPSA) is 56.1 Å². The van der Waals surface area contributed by atoms with Gasteiger partial charge in [0.1, 0.15) is 11.6 Å². The predicted octanol–water partition coefficient (Wildman–Crippen LogP) is 2.76. The minimum absolute atomic E-state index is 0.185. The lowest BCUT2D eigenvalue weighted by Crippen LogP contribution is -2.21. The van der Waals surface area contributed by atoms with Gasteiger partial charge in [0.05, 0.1) is 11.3 Å². The number of hydrogen-bond donors (Lipinski definition) is 1. The molecule has 5 nitrogen and oxygen atoms in total. The Kier molecular flexibility index (Phi) is 4.39. The summed E-state index contributed by atoms with van der Waals surface area (Å²) >= 11 is 0. The molecule has 0 radical (unpaired) electrons. The number of benzene rings is 1. The van der Waals surface area contributed by atoms with Crippen LogP contribution in [0.3, 0.4) is 0 Å². The molecule has 1 aromatic carbocycles. The van der Waals surface area contributed by atoms with Gasteiger partial charge in [-0.25, -0.2) is 0 Å². The van der Waals surface area contributed by atoms with Crippen LogP contribution in [0.5, 0.6) is 5.75 Å². The fourth-order valence-corrected chi connectivity index (χ4v) is 1.80. The Morgan fingerprint density at radius 3 is 2.45 bits per heavy atom. The monoisotopic (exact) mass is 313 g/mol. The molecule has 2 rings (SSSR count). The van der Waals surface area contributed by atoms with Crippen LogP contribution in [0.1, 0.15) is 11.3 Å². The third-order valence-corrected chi connectivity index (χ3v) is 2.82. The van der Waals surface area contributed by atoms with Crippen molar-refractivity contribution in [3.05, 3.63) is 41.6 Å². The van der Waals surface area contributed by atoms with E-state index in [9.17, 15) is 18.0 Å². The third-order valence-electron chi connectivity index (χ3n) is 2.82. The van der Waals surface area contributed by atoms with Gasteiger partial charge in [0.2, 0.25) is 0 Å². The van der Waals surface area contributed by atoms with Gasteiger partial charge in [0.15, 0.2) is 6.61 Å². The van der Waals surface area contributed by atoms with Gasteiger partial charge in [-0.1, -0.05) is 0 Å². The summed E-state index contributed by atoms with van der Waals surface area (Å²) < 4.78 is 43.9. The van der Waals surface area contributed by atoms with Crippen molar-refractivity contribution >= 4 is 11.7 Å². The van der Waals surface area contributed by atoms with Gasteiger partial charge in [-0.05, 0) is 31.2 Å². The molecule has 0 unspecified atom stereocenters. The molecule has 0 spiro atoms. The second-order valence-electron chi connectivity index (χ2n) is 4.65. The Hall–Kier alpha value is -2.51. The molecule has 0 aliphatic carbocycles. The van der Waals surface area contributed by atoms with Gasteiger partial charge in [0.25, 0.3) is 5.91 Å². The molecule has 22 heavy (non-hydrogen) atoms. The average Bonchev–Trinajstić information content (AvgIpc) is 2.74. The number of ether oxygens (including phenoxy) is 1. The molecule has 1 heterocycles. The number of alkyl halides is 3. The van der Waals surface area contributed by atoms with Gasteiger partial charge in [0, 0.05) is 13.1 Å². The molecule has 0 bridgehead atoms. The van der Waals surface area contributed by atoms with Crippen LogP contribution in [0.25, 0.3) is 0 Å². The van der Waals surface area contributed by atoms with Gasteiger partial charge >= 0.3 is 6.18 Å². The molecule has 1 N–H and O–H groups in total. The summed E-state index contributed by atoms with van der Waals surface area (Å²) in [6.07, 6.45) is -4.40. The number of rotatable bonds is 4. The van der Waals surface area contributed by atoms with E-state index in [-0.39, 0.29) is 12.4 Å². The zero-order chi connectivity index (χ0) is 16.3. The molecule has 2 aromatic rings. The maximum atomic E-state index is 12.4. The number of aryl methyl sites for hydroxylation is 2. The van der Waals surface area contributed by atoms with E-state index >= 15 is 0 Å². The van der Waals surface area contributed by atoms with Crippen LogP contribution in [0.4, 0.5) is 19.0 Å². The van der Waals surface area contributed by atoms with Crippen LogP contribution < -0.4 is 10.1 Å². The van der Waals surface area contributed by atoms with Gasteiger partial charge < -0.3 is 10.1 Å². The molecule has 118 valence electrons. The van der Waals surface area contributed by atoms with E-state index in [1.807, 2.05) is 0 Å². The molecule has 0 saturated heterocycles. The molecule has 1 amide bonds. The molecule has 0 atom stereocenters. The lowest BCUT2D eigenvalue weighted by molar-refractivity contribution is -0.137. The Bertz CT molecular complexity index is 663. The van der Waals surface area contributed by atoms with Gasteiger partial charge in [-0.2, -0.15) is 18.3 Å². The van der Waals surface area contributed by atoms with Crippen LogP contribution in [-0.2, 0) is 18.0 Å². The van der Waals surface area contributed by atoms with Crippen molar-refractivity contribution in [3.8, 4) is 5.75 Å². The lowest BCUT2D eigenvalue weighted by atomic mass is 10.2. The highest BCUT2D eigenvalue weighted by Crippen LogP contribution is 2.30. The van der Waals surface area contributed by atoms with Crippen molar-refractivity contribution in [2.45, 2.75) is 13.1 Å². The molecular weight excluding hydrogens is 299 g/mol. The summed E-state index contributed by atoms with van der Waals surface area (Å²) in [6.45, 7) is 1.48. The SMILES string of the molecule is Cc1cc(NC(=O)COc2ccc(C(F)(F)F)cc2)n(C)n1. The molecule has 8 heteroatoms. The van der Waals surface area contributed by atoms with Crippen molar-refractivity contribution in [3.63, 3.8) is 0 Å². The smallest absolute Gasteiger partial charge is 0.416 e. The number of carbonyl (C=O) groups excluding carboxylic acids is 1. The van der Waals surface area contributed by atoms with Crippen molar-refractivity contribution in [2.75, 3.05) is 11.9 Å². The summed E-state index contributed by atoms with van der Waals surface area (Å²) in [5, 5.41) is 6.66. The van der Waals surface area contributed by atoms with Crippen LogP contribution in [0.2, 0.25) is 0 Å². The number of nitrogens with one attached hydrogen (secondary N) is 1. The average molecular weight is 313 g/mol. The van der Waals surface area contributed by atoms with Crippen molar-refractivity contribution in [2.24, 2.45) is 7.05 Å². The number of aromatic nitrogens is 2. The Labute approximate surface area is 124 Å². The van der Waals surface area contributed by atoms with E-state index in [2.05, 4.69) is 10.4 Å². The predicted molar refractivity (Wildman–Crippen MR) is 73.5 cm³/mol. The second kappa shape index (κ2) is 6.08. The standard InChI is InChI=1S/C14H14F3N3O2/c1-9-7-12(20(2)19-9)18-13(21)8-22-11-5-3-10(4-6-11)14(15,16)17/h3-7H,8H2,1-2H3,(H,18,21). The van der Waals surface area contributed by atoms with Gasteiger partial charge in [-0.3, -0.25) is 9.48 Å². The number of halogens is 3. The summed E-state index contributed by atoms with van der Waals surface area (Å²) in [5.41, 5.74) is -0.0175. The Morgan fingerprint density at radius 2 is 1.95 bits per heavy atom. The van der Waals surface area contributed by atoms with E-state index in [4.69, 9.17) is 4.74 Å². The molecule has 0 saturated carbocycles. The minimum atomic E-state index is -4.40. The number of anilines is 1. The molecule has 0 fully saturated rings. The van der Waals surface area contributed by atoms with E-state index in [1.165, 1.54) is 16.8 Å². The first kappa shape index (κ1) is 15.9. The first-order chi connectivity index (χ1) is 10.3. The Balaban J connectivity index is 1.90. The van der Waals surface area contributed by atoms with Gasteiger partial charge in [-0.15, -0.1) is 0 Å². The minimum Gasteiger partial charge on any atom is -0.484 e. The molecule has 1 aromatic heterocycles. The molecule has 0 aliphatic heterocycles.